The normalized spacial score (nSPS) is 12.4. The maximum Gasteiger partial charge on any atom is 0.341 e. The molecule has 0 fully saturated rings. The third kappa shape index (κ3) is 4.77. The standard InChI is InChI=1S/C12H20O3/c1-6-15-12(14)11(10(5)13)9(4)7-8(2)3/h8H,6-7H2,1-5H3. The summed E-state index contributed by atoms with van der Waals surface area (Å²) in [7, 11) is 0. The molecule has 0 rings (SSSR count). The maximum atomic E-state index is 11.5. The number of hydrogen-bond acceptors (Lipinski definition) is 3. The fourth-order valence-corrected chi connectivity index (χ4v) is 1.54. The van der Waals surface area contributed by atoms with Crippen LogP contribution in [0.15, 0.2) is 11.1 Å². The molecule has 0 aliphatic heterocycles. The van der Waals surface area contributed by atoms with Crippen molar-refractivity contribution in [3.05, 3.63) is 11.1 Å². The maximum absolute atomic E-state index is 11.5. The van der Waals surface area contributed by atoms with Crippen LogP contribution in [0.25, 0.3) is 0 Å². The summed E-state index contributed by atoms with van der Waals surface area (Å²) in [4.78, 5) is 22.8. The predicted octanol–water partition coefficient (Wildman–Crippen LogP) is 2.50. The molecule has 0 unspecified atom stereocenters. The minimum Gasteiger partial charge on any atom is -0.462 e. The van der Waals surface area contributed by atoms with Crippen molar-refractivity contribution in [3.63, 3.8) is 0 Å². The number of carbonyl (C=O) groups excluding carboxylic acids is 2. The van der Waals surface area contributed by atoms with Gasteiger partial charge >= 0.3 is 5.97 Å². The van der Waals surface area contributed by atoms with E-state index < -0.39 is 5.97 Å². The van der Waals surface area contributed by atoms with E-state index in [2.05, 4.69) is 0 Å². The molecule has 0 atom stereocenters. The summed E-state index contributed by atoms with van der Waals surface area (Å²) in [6.07, 6.45) is 0.744. The molecule has 3 heteroatoms. The molecule has 0 radical (unpaired) electrons. The first kappa shape index (κ1) is 13.9. The summed E-state index contributed by atoms with van der Waals surface area (Å²) in [5.74, 6) is -0.288. The zero-order valence-corrected chi connectivity index (χ0v) is 10.2. The second kappa shape index (κ2) is 6.38. The van der Waals surface area contributed by atoms with Crippen molar-refractivity contribution in [2.24, 2.45) is 5.92 Å². The van der Waals surface area contributed by atoms with Crippen molar-refractivity contribution in [2.45, 2.75) is 41.0 Å². The van der Waals surface area contributed by atoms with Gasteiger partial charge in [0.25, 0.3) is 0 Å². The smallest absolute Gasteiger partial charge is 0.341 e. The Morgan fingerprint density at radius 3 is 2.07 bits per heavy atom. The fraction of sp³-hybridized carbons (Fsp3) is 0.667. The minimum atomic E-state index is -0.497. The lowest BCUT2D eigenvalue weighted by atomic mass is 9.97. The van der Waals surface area contributed by atoms with Crippen LogP contribution < -0.4 is 0 Å². The lowest BCUT2D eigenvalue weighted by Crippen LogP contribution is -2.16. The van der Waals surface area contributed by atoms with Crippen molar-refractivity contribution in [3.8, 4) is 0 Å². The summed E-state index contributed by atoms with van der Waals surface area (Å²) >= 11 is 0. The molecule has 0 spiro atoms. The summed E-state index contributed by atoms with van der Waals surface area (Å²) in [6, 6.07) is 0. The molecule has 0 N–H and O–H groups in total. The van der Waals surface area contributed by atoms with Gasteiger partial charge in [-0.3, -0.25) is 4.79 Å². The van der Waals surface area contributed by atoms with Crippen LogP contribution in [0.2, 0.25) is 0 Å². The van der Waals surface area contributed by atoms with E-state index in [0.29, 0.717) is 12.5 Å². The van der Waals surface area contributed by atoms with Crippen LogP contribution in [-0.4, -0.2) is 18.4 Å². The van der Waals surface area contributed by atoms with Crippen LogP contribution >= 0.6 is 0 Å². The fourth-order valence-electron chi connectivity index (χ4n) is 1.54. The Balaban J connectivity index is 4.93. The molecule has 0 aromatic rings. The first-order valence-electron chi connectivity index (χ1n) is 5.27. The number of rotatable bonds is 5. The quantitative estimate of drug-likeness (QED) is 0.304. The number of allylic oxidation sites excluding steroid dienone is 1. The summed E-state index contributed by atoms with van der Waals surface area (Å²) in [5, 5.41) is 0. The van der Waals surface area contributed by atoms with E-state index in [-0.39, 0.29) is 11.4 Å². The summed E-state index contributed by atoms with van der Waals surface area (Å²) in [5.41, 5.74) is 1.03. The van der Waals surface area contributed by atoms with Gasteiger partial charge in [0.15, 0.2) is 5.78 Å². The highest BCUT2D eigenvalue weighted by molar-refractivity contribution is 6.16. The largest absolute Gasteiger partial charge is 0.462 e. The summed E-state index contributed by atoms with van der Waals surface area (Å²) in [6.45, 7) is 9.33. The Labute approximate surface area is 91.5 Å². The molecule has 0 aliphatic carbocycles. The first-order chi connectivity index (χ1) is 6.90. The molecule has 15 heavy (non-hydrogen) atoms. The van der Waals surface area contributed by atoms with E-state index in [1.54, 1.807) is 6.92 Å². The third-order valence-electron chi connectivity index (χ3n) is 1.97. The number of ether oxygens (including phenoxy) is 1. The van der Waals surface area contributed by atoms with Gasteiger partial charge in [-0.05, 0) is 33.1 Å². The Morgan fingerprint density at radius 1 is 1.20 bits per heavy atom. The first-order valence-corrected chi connectivity index (χ1v) is 5.27. The molecule has 0 aromatic carbocycles. The van der Waals surface area contributed by atoms with Gasteiger partial charge in [-0.1, -0.05) is 19.4 Å². The molecule has 0 saturated carbocycles. The van der Waals surface area contributed by atoms with Crippen LogP contribution in [-0.2, 0) is 14.3 Å². The van der Waals surface area contributed by atoms with E-state index in [4.69, 9.17) is 4.74 Å². The van der Waals surface area contributed by atoms with Gasteiger partial charge in [0.1, 0.15) is 5.57 Å². The van der Waals surface area contributed by atoms with Crippen LogP contribution in [0.3, 0.4) is 0 Å². The Morgan fingerprint density at radius 2 is 1.73 bits per heavy atom. The molecule has 0 heterocycles. The molecule has 0 saturated heterocycles. The molecule has 0 aliphatic rings. The zero-order valence-electron chi connectivity index (χ0n) is 10.2. The van der Waals surface area contributed by atoms with Crippen molar-refractivity contribution in [2.75, 3.05) is 6.61 Å². The average molecular weight is 212 g/mol. The van der Waals surface area contributed by atoms with Crippen LogP contribution in [0.5, 0.6) is 0 Å². The van der Waals surface area contributed by atoms with Gasteiger partial charge in [0.05, 0.1) is 6.61 Å². The average Bonchev–Trinajstić information content (AvgIpc) is 2.01. The summed E-state index contributed by atoms with van der Waals surface area (Å²) < 4.78 is 4.85. The highest BCUT2D eigenvalue weighted by atomic mass is 16.5. The minimum absolute atomic E-state index is 0.213. The lowest BCUT2D eigenvalue weighted by molar-refractivity contribution is -0.139. The van der Waals surface area contributed by atoms with E-state index in [0.717, 1.165) is 12.0 Å². The molecule has 0 bridgehead atoms. The lowest BCUT2D eigenvalue weighted by Gasteiger charge is -2.10. The van der Waals surface area contributed by atoms with Crippen LogP contribution in [0.1, 0.15) is 41.0 Å². The molecule has 86 valence electrons. The van der Waals surface area contributed by atoms with Crippen LogP contribution in [0.4, 0.5) is 0 Å². The van der Waals surface area contributed by atoms with Crippen molar-refractivity contribution < 1.29 is 14.3 Å². The molecular formula is C12H20O3. The monoisotopic (exact) mass is 212 g/mol. The van der Waals surface area contributed by atoms with E-state index in [1.807, 2.05) is 20.8 Å². The Kier molecular flexibility index (Phi) is 5.90. The number of Topliss-reactive ketones (excluding diaryl/α,β-unsaturated/α-hetero) is 1. The number of carbonyl (C=O) groups is 2. The van der Waals surface area contributed by atoms with E-state index in [1.165, 1.54) is 6.92 Å². The zero-order chi connectivity index (χ0) is 12.0. The second-order valence-electron chi connectivity index (χ2n) is 4.03. The van der Waals surface area contributed by atoms with E-state index in [9.17, 15) is 9.59 Å². The van der Waals surface area contributed by atoms with E-state index >= 15 is 0 Å². The molecule has 0 amide bonds. The topological polar surface area (TPSA) is 43.4 Å². The third-order valence-corrected chi connectivity index (χ3v) is 1.97. The van der Waals surface area contributed by atoms with Gasteiger partial charge in [0, 0.05) is 0 Å². The predicted molar refractivity (Wildman–Crippen MR) is 59.5 cm³/mol. The molecular weight excluding hydrogens is 192 g/mol. The van der Waals surface area contributed by atoms with Gasteiger partial charge in [-0.2, -0.15) is 0 Å². The highest BCUT2D eigenvalue weighted by Gasteiger charge is 2.19. The molecule has 0 aromatic heterocycles. The van der Waals surface area contributed by atoms with Crippen LogP contribution in [0, 0.1) is 5.92 Å². The SMILES string of the molecule is CCOC(=O)C(C(C)=O)=C(C)CC(C)C. The number of ketones is 1. The van der Waals surface area contributed by atoms with Crippen molar-refractivity contribution in [1.29, 1.82) is 0 Å². The molecule has 3 nitrogen and oxygen atoms in total. The van der Waals surface area contributed by atoms with Gasteiger partial charge in [-0.25, -0.2) is 4.79 Å². The number of esters is 1. The van der Waals surface area contributed by atoms with Crippen molar-refractivity contribution in [1.82, 2.24) is 0 Å². The van der Waals surface area contributed by atoms with Gasteiger partial charge in [0.2, 0.25) is 0 Å². The second-order valence-corrected chi connectivity index (χ2v) is 4.03. The Hall–Kier alpha value is -1.12. The van der Waals surface area contributed by atoms with Gasteiger partial charge in [-0.15, -0.1) is 0 Å². The number of hydrogen-bond donors (Lipinski definition) is 0. The van der Waals surface area contributed by atoms with Gasteiger partial charge < -0.3 is 4.74 Å². The Bertz CT molecular complexity index is 275. The van der Waals surface area contributed by atoms with Crippen molar-refractivity contribution >= 4 is 11.8 Å². The highest BCUT2D eigenvalue weighted by Crippen LogP contribution is 2.16.